The fourth-order valence-electron chi connectivity index (χ4n) is 4.83. The normalized spacial score (nSPS) is 35.7. The van der Waals surface area contributed by atoms with Gasteiger partial charge in [0, 0.05) is 36.9 Å². The molecule has 0 aliphatic carbocycles. The number of ketones is 1. The van der Waals surface area contributed by atoms with E-state index in [0.29, 0.717) is 29.9 Å². The molecule has 4 unspecified atom stereocenters. The lowest BCUT2D eigenvalue weighted by molar-refractivity contribution is -0.00315. The molecular weight excluding hydrogens is 293 g/mol. The molecule has 3 aliphatic heterocycles. The third-order valence-electron chi connectivity index (χ3n) is 6.09. The van der Waals surface area contributed by atoms with Crippen molar-refractivity contribution in [3.05, 3.63) is 35.6 Å². The Balaban J connectivity index is 1.27. The number of hydrogen-bond donors (Lipinski definition) is 0. The highest BCUT2D eigenvalue weighted by Gasteiger charge is 2.59. The lowest BCUT2D eigenvalue weighted by Gasteiger charge is -2.28. The Morgan fingerprint density at radius 2 is 2.13 bits per heavy atom. The van der Waals surface area contributed by atoms with Gasteiger partial charge in [-0.25, -0.2) is 4.39 Å². The average molecular weight is 317 g/mol. The Morgan fingerprint density at radius 1 is 1.35 bits per heavy atom. The number of Topliss-reactive ketones (excluding diaryl/α,β-unsaturated/α-hetero) is 1. The molecule has 1 aromatic carbocycles. The van der Waals surface area contributed by atoms with E-state index in [4.69, 9.17) is 4.74 Å². The molecule has 23 heavy (non-hydrogen) atoms. The summed E-state index contributed by atoms with van der Waals surface area (Å²) in [5.74, 6) is 1.19. The third-order valence-corrected chi connectivity index (χ3v) is 6.09. The van der Waals surface area contributed by atoms with Gasteiger partial charge in [0.2, 0.25) is 0 Å². The number of halogens is 1. The lowest BCUT2D eigenvalue weighted by Crippen LogP contribution is -2.35. The fraction of sp³-hybridized carbons (Fsp3) is 0.632. The van der Waals surface area contributed by atoms with Gasteiger partial charge in [0.05, 0.1) is 11.7 Å². The molecule has 0 N–H and O–H groups in total. The second kappa shape index (κ2) is 5.67. The quantitative estimate of drug-likeness (QED) is 0.781. The second-order valence-corrected chi connectivity index (χ2v) is 7.57. The Labute approximate surface area is 136 Å². The summed E-state index contributed by atoms with van der Waals surface area (Å²) in [7, 11) is 0. The first-order valence-corrected chi connectivity index (χ1v) is 8.74. The van der Waals surface area contributed by atoms with E-state index in [1.54, 1.807) is 12.1 Å². The molecule has 3 nitrogen and oxygen atoms in total. The van der Waals surface area contributed by atoms with Crippen LogP contribution in [0.3, 0.4) is 0 Å². The van der Waals surface area contributed by atoms with Crippen LogP contribution in [0.4, 0.5) is 4.39 Å². The molecule has 4 heteroatoms. The molecule has 0 spiro atoms. The highest BCUT2D eigenvalue weighted by Crippen LogP contribution is 2.53. The van der Waals surface area contributed by atoms with E-state index >= 15 is 0 Å². The van der Waals surface area contributed by atoms with Gasteiger partial charge in [-0.3, -0.25) is 4.79 Å². The minimum atomic E-state index is -0.296. The summed E-state index contributed by atoms with van der Waals surface area (Å²) < 4.78 is 19.1. The Morgan fingerprint density at radius 3 is 2.87 bits per heavy atom. The summed E-state index contributed by atoms with van der Waals surface area (Å²) in [6, 6.07) is 5.86. The first kappa shape index (κ1) is 15.3. The van der Waals surface area contributed by atoms with E-state index in [9.17, 15) is 9.18 Å². The van der Waals surface area contributed by atoms with Crippen LogP contribution in [-0.2, 0) is 4.74 Å². The standard InChI is InChI=1S/C19H24FNO2/c1-19-9-8-18(23-19)15-11-21(12-16(15)19)10-2-3-17(22)13-4-6-14(20)7-5-13/h4-7,15-16,18H,2-3,8-12H2,1H3. The van der Waals surface area contributed by atoms with E-state index < -0.39 is 0 Å². The largest absolute Gasteiger partial charge is 0.371 e. The summed E-state index contributed by atoms with van der Waals surface area (Å²) in [4.78, 5) is 14.6. The number of fused-ring (bicyclic) bond motifs is 5. The number of benzene rings is 1. The van der Waals surface area contributed by atoms with Gasteiger partial charge in [0.1, 0.15) is 5.82 Å². The van der Waals surface area contributed by atoms with Crippen molar-refractivity contribution in [2.75, 3.05) is 19.6 Å². The molecule has 2 bridgehead atoms. The van der Waals surface area contributed by atoms with Gasteiger partial charge in [-0.15, -0.1) is 0 Å². The van der Waals surface area contributed by atoms with Crippen molar-refractivity contribution in [3.8, 4) is 0 Å². The zero-order chi connectivity index (χ0) is 16.0. The van der Waals surface area contributed by atoms with Crippen LogP contribution in [0.1, 0.15) is 43.0 Å². The van der Waals surface area contributed by atoms with E-state index in [-0.39, 0.29) is 17.2 Å². The van der Waals surface area contributed by atoms with E-state index in [0.717, 1.165) is 26.1 Å². The zero-order valence-electron chi connectivity index (χ0n) is 13.6. The highest BCUT2D eigenvalue weighted by molar-refractivity contribution is 5.95. The van der Waals surface area contributed by atoms with Crippen molar-refractivity contribution < 1.29 is 13.9 Å². The highest BCUT2D eigenvalue weighted by atomic mass is 19.1. The summed E-state index contributed by atoms with van der Waals surface area (Å²) in [5, 5.41) is 0. The van der Waals surface area contributed by atoms with Crippen molar-refractivity contribution in [2.24, 2.45) is 11.8 Å². The molecule has 3 fully saturated rings. The van der Waals surface area contributed by atoms with Gasteiger partial charge < -0.3 is 9.64 Å². The number of nitrogens with zero attached hydrogens (tertiary/aromatic N) is 1. The number of likely N-dealkylation sites (tertiary alicyclic amines) is 1. The van der Waals surface area contributed by atoms with E-state index in [1.807, 2.05) is 0 Å². The average Bonchev–Trinajstić information content (AvgIpc) is 3.18. The molecular formula is C19H24FNO2. The van der Waals surface area contributed by atoms with Crippen LogP contribution in [0, 0.1) is 17.7 Å². The molecule has 0 radical (unpaired) electrons. The molecule has 3 aliphatic rings. The SMILES string of the molecule is CC12CCC(O1)C1CN(CCCC(=O)c3ccc(F)cc3)CC12. The summed E-state index contributed by atoms with van der Waals surface area (Å²) in [6.07, 6.45) is 4.30. The predicted molar refractivity (Wildman–Crippen MR) is 85.9 cm³/mol. The van der Waals surface area contributed by atoms with Gasteiger partial charge in [-0.05, 0) is 57.0 Å². The lowest BCUT2D eigenvalue weighted by atomic mass is 9.75. The maximum absolute atomic E-state index is 12.9. The number of hydrogen-bond acceptors (Lipinski definition) is 3. The van der Waals surface area contributed by atoms with Crippen molar-refractivity contribution >= 4 is 5.78 Å². The first-order chi connectivity index (χ1) is 11.0. The molecule has 0 amide bonds. The number of carbonyl (C=O) groups is 1. The molecule has 0 saturated carbocycles. The molecule has 124 valence electrons. The zero-order valence-corrected chi connectivity index (χ0v) is 13.6. The van der Waals surface area contributed by atoms with Gasteiger partial charge in [0.15, 0.2) is 5.78 Å². The van der Waals surface area contributed by atoms with Crippen LogP contribution in [0.5, 0.6) is 0 Å². The van der Waals surface area contributed by atoms with Crippen molar-refractivity contribution in [2.45, 2.75) is 44.3 Å². The summed E-state index contributed by atoms with van der Waals surface area (Å²) >= 11 is 0. The van der Waals surface area contributed by atoms with Crippen LogP contribution in [0.2, 0.25) is 0 Å². The maximum atomic E-state index is 12.9. The molecule has 4 rings (SSSR count). The third kappa shape index (κ3) is 2.72. The topological polar surface area (TPSA) is 29.5 Å². The van der Waals surface area contributed by atoms with Crippen LogP contribution >= 0.6 is 0 Å². The van der Waals surface area contributed by atoms with Gasteiger partial charge in [-0.1, -0.05) is 0 Å². The number of ether oxygens (including phenoxy) is 1. The van der Waals surface area contributed by atoms with Crippen LogP contribution < -0.4 is 0 Å². The number of carbonyl (C=O) groups excluding carboxylic acids is 1. The van der Waals surface area contributed by atoms with Crippen molar-refractivity contribution in [1.29, 1.82) is 0 Å². The first-order valence-electron chi connectivity index (χ1n) is 8.74. The predicted octanol–water partition coefficient (Wildman–Crippen LogP) is 3.29. The summed E-state index contributed by atoms with van der Waals surface area (Å²) in [6.45, 7) is 5.49. The minimum Gasteiger partial charge on any atom is -0.371 e. The number of rotatable bonds is 5. The molecule has 4 atom stereocenters. The van der Waals surface area contributed by atoms with E-state index in [1.165, 1.54) is 25.0 Å². The molecule has 1 aromatic rings. The van der Waals surface area contributed by atoms with Crippen LogP contribution in [0.15, 0.2) is 24.3 Å². The maximum Gasteiger partial charge on any atom is 0.162 e. The smallest absolute Gasteiger partial charge is 0.162 e. The van der Waals surface area contributed by atoms with Gasteiger partial charge in [-0.2, -0.15) is 0 Å². The van der Waals surface area contributed by atoms with E-state index in [2.05, 4.69) is 11.8 Å². The van der Waals surface area contributed by atoms with Gasteiger partial charge in [0.25, 0.3) is 0 Å². The molecule has 0 aromatic heterocycles. The molecule has 3 saturated heterocycles. The van der Waals surface area contributed by atoms with Crippen LogP contribution in [0.25, 0.3) is 0 Å². The minimum absolute atomic E-state index is 0.105. The van der Waals surface area contributed by atoms with Crippen molar-refractivity contribution in [1.82, 2.24) is 4.90 Å². The van der Waals surface area contributed by atoms with Crippen molar-refractivity contribution in [3.63, 3.8) is 0 Å². The Hall–Kier alpha value is -1.26. The molecule has 3 heterocycles. The summed E-state index contributed by atoms with van der Waals surface area (Å²) in [5.41, 5.74) is 0.720. The fourth-order valence-corrected chi connectivity index (χ4v) is 4.83. The van der Waals surface area contributed by atoms with Gasteiger partial charge >= 0.3 is 0 Å². The second-order valence-electron chi connectivity index (χ2n) is 7.57. The van der Waals surface area contributed by atoms with Crippen LogP contribution in [-0.4, -0.2) is 42.0 Å². The monoisotopic (exact) mass is 317 g/mol. The Kier molecular flexibility index (Phi) is 3.77. The Bertz CT molecular complexity index is 602.